The molecular weight excluding hydrogens is 454 g/mol. The highest BCUT2D eigenvalue weighted by atomic mass is 35.5. The lowest BCUT2D eigenvalue weighted by Gasteiger charge is -2.26. The zero-order valence-electron chi connectivity index (χ0n) is 18.3. The minimum Gasteiger partial charge on any atom is -0.378 e. The maximum Gasteiger partial charge on any atom is 0.258 e. The molecule has 0 atom stereocenters. The molecule has 4 aromatic heterocycles. The van der Waals surface area contributed by atoms with Crippen LogP contribution in [0, 0.1) is 0 Å². The van der Waals surface area contributed by atoms with Gasteiger partial charge >= 0.3 is 0 Å². The van der Waals surface area contributed by atoms with Crippen LogP contribution in [0.2, 0.25) is 5.28 Å². The fraction of sp³-hybridized carbons (Fsp3) is 0.217. The number of hydrogen-bond acceptors (Lipinski definition) is 9. The molecule has 0 amide bonds. The van der Waals surface area contributed by atoms with Crippen molar-refractivity contribution < 1.29 is 4.74 Å². The van der Waals surface area contributed by atoms with E-state index >= 15 is 0 Å². The molecule has 1 fully saturated rings. The molecule has 5 heterocycles. The summed E-state index contributed by atoms with van der Waals surface area (Å²) < 4.78 is 7.13. The number of benzene rings is 1. The van der Waals surface area contributed by atoms with Crippen molar-refractivity contribution in [2.24, 2.45) is 0 Å². The number of ether oxygens (including phenoxy) is 1. The molecule has 1 aliphatic rings. The summed E-state index contributed by atoms with van der Waals surface area (Å²) >= 11 is 6.25. The molecule has 0 aliphatic carbocycles. The van der Waals surface area contributed by atoms with Gasteiger partial charge in [0.25, 0.3) is 5.78 Å². The monoisotopic (exact) mass is 473 g/mol. The number of fused-ring (bicyclic) bond motifs is 3. The molecule has 6 rings (SSSR count). The normalized spacial score (nSPS) is 14.1. The van der Waals surface area contributed by atoms with Gasteiger partial charge in [-0.25, -0.2) is 19.4 Å². The van der Waals surface area contributed by atoms with Crippen LogP contribution >= 0.6 is 11.6 Å². The van der Waals surface area contributed by atoms with E-state index in [1.165, 1.54) is 0 Å². The summed E-state index contributed by atoms with van der Waals surface area (Å²) in [6.07, 6.45) is 3.61. The molecule has 0 spiro atoms. The molecule has 0 bridgehead atoms. The van der Waals surface area contributed by atoms with Gasteiger partial charge < -0.3 is 14.5 Å². The first-order chi connectivity index (χ1) is 16.7. The van der Waals surface area contributed by atoms with Crippen LogP contribution in [0.4, 0.5) is 17.6 Å². The standard InChI is InChI=1S/C23H20ClN9O/c1-31(20-16-5-2-3-7-18(16)33-21(24)29-30-23(33)28-20)19-8-4-6-17(27-19)15-13-25-22(26-14-15)32-9-11-34-12-10-32/h2-8,13-14H,9-12H2,1H3. The summed E-state index contributed by atoms with van der Waals surface area (Å²) in [6, 6.07) is 13.7. The smallest absolute Gasteiger partial charge is 0.258 e. The van der Waals surface area contributed by atoms with E-state index in [2.05, 4.69) is 25.1 Å². The first kappa shape index (κ1) is 20.7. The summed E-state index contributed by atoms with van der Waals surface area (Å²) in [7, 11) is 1.92. The second-order valence-electron chi connectivity index (χ2n) is 7.87. The van der Waals surface area contributed by atoms with Crippen molar-refractivity contribution in [3.8, 4) is 11.3 Å². The van der Waals surface area contributed by atoms with E-state index in [1.54, 1.807) is 4.40 Å². The SMILES string of the molecule is CN(c1cccc(-c2cnc(N3CCOCC3)nc2)n1)c1nc2nnc(Cl)n2c2ccccc12. The topological polar surface area (TPSA) is 97.5 Å². The van der Waals surface area contributed by atoms with Gasteiger partial charge in [0.15, 0.2) is 0 Å². The van der Waals surface area contributed by atoms with Crippen LogP contribution in [0.15, 0.2) is 54.9 Å². The molecule has 0 unspecified atom stereocenters. The second kappa shape index (κ2) is 8.47. The maximum atomic E-state index is 6.25. The molecule has 11 heteroatoms. The van der Waals surface area contributed by atoms with Gasteiger partial charge in [0.2, 0.25) is 11.2 Å². The number of pyridine rings is 1. The van der Waals surface area contributed by atoms with Crippen molar-refractivity contribution >= 4 is 45.9 Å². The molecule has 34 heavy (non-hydrogen) atoms. The van der Waals surface area contributed by atoms with Crippen molar-refractivity contribution in [1.29, 1.82) is 0 Å². The van der Waals surface area contributed by atoms with Crippen LogP contribution in [-0.4, -0.2) is 67.9 Å². The second-order valence-corrected chi connectivity index (χ2v) is 8.21. The van der Waals surface area contributed by atoms with E-state index in [0.717, 1.165) is 41.1 Å². The fourth-order valence-electron chi connectivity index (χ4n) is 4.07. The molecule has 1 aliphatic heterocycles. The molecule has 0 radical (unpaired) electrons. The average molecular weight is 474 g/mol. The molecule has 0 N–H and O–H groups in total. The van der Waals surface area contributed by atoms with Crippen LogP contribution in [-0.2, 0) is 4.74 Å². The third-order valence-electron chi connectivity index (χ3n) is 5.82. The van der Waals surface area contributed by atoms with E-state index in [0.29, 0.717) is 30.8 Å². The summed E-state index contributed by atoms with van der Waals surface area (Å²) in [6.45, 7) is 2.97. The third kappa shape index (κ3) is 3.57. The van der Waals surface area contributed by atoms with E-state index in [1.807, 2.05) is 66.8 Å². The number of para-hydroxylation sites is 1. The molecule has 170 valence electrons. The van der Waals surface area contributed by atoms with Crippen molar-refractivity contribution in [3.05, 3.63) is 60.1 Å². The lowest BCUT2D eigenvalue weighted by Crippen LogP contribution is -2.37. The number of aromatic nitrogens is 7. The van der Waals surface area contributed by atoms with Crippen molar-refractivity contribution in [1.82, 2.24) is 34.5 Å². The largest absolute Gasteiger partial charge is 0.378 e. The van der Waals surface area contributed by atoms with Crippen molar-refractivity contribution in [2.45, 2.75) is 0 Å². The van der Waals surface area contributed by atoms with Gasteiger partial charge in [-0.05, 0) is 35.9 Å². The van der Waals surface area contributed by atoms with Gasteiger partial charge in [-0.3, -0.25) is 0 Å². The van der Waals surface area contributed by atoms with Crippen LogP contribution in [0.5, 0.6) is 0 Å². The Kier molecular flexibility index (Phi) is 5.16. The minimum atomic E-state index is 0.272. The average Bonchev–Trinajstić information content (AvgIpc) is 3.29. The van der Waals surface area contributed by atoms with E-state index < -0.39 is 0 Å². The molecule has 5 aromatic rings. The number of rotatable bonds is 4. The highest BCUT2D eigenvalue weighted by molar-refractivity contribution is 6.29. The summed E-state index contributed by atoms with van der Waals surface area (Å²) in [5, 5.41) is 9.26. The van der Waals surface area contributed by atoms with E-state index in [4.69, 9.17) is 26.3 Å². The highest BCUT2D eigenvalue weighted by Gasteiger charge is 2.18. The summed E-state index contributed by atoms with van der Waals surface area (Å²) in [4.78, 5) is 22.7. The lowest BCUT2D eigenvalue weighted by molar-refractivity contribution is 0.122. The first-order valence-corrected chi connectivity index (χ1v) is 11.2. The summed E-state index contributed by atoms with van der Waals surface area (Å²) in [5.74, 6) is 2.56. The molecule has 10 nitrogen and oxygen atoms in total. The molecule has 0 saturated carbocycles. The zero-order chi connectivity index (χ0) is 23.1. The van der Waals surface area contributed by atoms with Crippen molar-refractivity contribution in [2.75, 3.05) is 43.2 Å². The highest BCUT2D eigenvalue weighted by Crippen LogP contribution is 2.31. The van der Waals surface area contributed by atoms with Crippen molar-refractivity contribution in [3.63, 3.8) is 0 Å². The quantitative estimate of drug-likeness (QED) is 0.389. The molecule has 1 saturated heterocycles. The lowest BCUT2D eigenvalue weighted by atomic mass is 10.2. The van der Waals surface area contributed by atoms with Gasteiger partial charge in [-0.1, -0.05) is 18.2 Å². The third-order valence-corrected chi connectivity index (χ3v) is 6.07. The van der Waals surface area contributed by atoms with Crippen LogP contribution < -0.4 is 9.80 Å². The Hall–Kier alpha value is -3.89. The van der Waals surface area contributed by atoms with Gasteiger partial charge in [0, 0.05) is 43.5 Å². The molecule has 1 aromatic carbocycles. The van der Waals surface area contributed by atoms with Gasteiger partial charge in [0.1, 0.15) is 11.6 Å². The maximum absolute atomic E-state index is 6.25. The van der Waals surface area contributed by atoms with Crippen LogP contribution in [0.25, 0.3) is 27.9 Å². The van der Waals surface area contributed by atoms with Crippen LogP contribution in [0.1, 0.15) is 0 Å². The fourth-order valence-corrected chi connectivity index (χ4v) is 4.27. The molecular formula is C23H20ClN9O. The van der Waals surface area contributed by atoms with Gasteiger partial charge in [-0.15, -0.1) is 10.2 Å². The summed E-state index contributed by atoms with van der Waals surface area (Å²) in [5.41, 5.74) is 2.48. The number of anilines is 3. The number of halogens is 1. The van der Waals surface area contributed by atoms with Gasteiger partial charge in [-0.2, -0.15) is 4.98 Å². The number of hydrogen-bond donors (Lipinski definition) is 0. The predicted molar refractivity (Wildman–Crippen MR) is 130 cm³/mol. The van der Waals surface area contributed by atoms with E-state index in [9.17, 15) is 0 Å². The Bertz CT molecular complexity index is 1480. The minimum absolute atomic E-state index is 0.272. The first-order valence-electron chi connectivity index (χ1n) is 10.8. The van der Waals surface area contributed by atoms with Crippen LogP contribution in [0.3, 0.4) is 0 Å². The Morgan fingerprint density at radius 2 is 1.74 bits per heavy atom. The zero-order valence-corrected chi connectivity index (χ0v) is 19.1. The number of morpholine rings is 1. The Morgan fingerprint density at radius 3 is 2.56 bits per heavy atom. The van der Waals surface area contributed by atoms with E-state index in [-0.39, 0.29) is 5.28 Å². The Morgan fingerprint density at radius 1 is 0.941 bits per heavy atom. The Labute approximate surface area is 199 Å². The van der Waals surface area contributed by atoms with Gasteiger partial charge in [0.05, 0.1) is 24.4 Å². The predicted octanol–water partition coefficient (Wildman–Crippen LogP) is 3.39. The Balaban J connectivity index is 1.36. The number of nitrogens with zero attached hydrogens (tertiary/aromatic N) is 9.